The molecule has 2 heterocycles. The maximum Gasteiger partial charge on any atom is 0.325 e. The normalized spacial score (nSPS) is 28.4. The molecule has 0 radical (unpaired) electrons. The number of fused-ring (bicyclic) bond motifs is 2. The number of hydrogen-bond donors (Lipinski definition) is 6. The van der Waals surface area contributed by atoms with Crippen LogP contribution in [0.4, 0.5) is 0 Å². The summed E-state index contributed by atoms with van der Waals surface area (Å²) in [6.07, 6.45) is 8.05. The number of ether oxygens (including phenoxy) is 1. The summed E-state index contributed by atoms with van der Waals surface area (Å²) in [7, 11) is 2.81. The highest BCUT2D eigenvalue weighted by Crippen LogP contribution is 2.26. The van der Waals surface area contributed by atoms with E-state index in [0.29, 0.717) is 18.4 Å². The molecule has 1 aromatic carbocycles. The molecule has 2 aliphatic rings. The molecule has 2 aliphatic heterocycles. The number of phenolic OH excluding ortho intramolecular Hbond substituents is 1. The number of ketones is 1. The Morgan fingerprint density at radius 2 is 1.81 bits per heavy atom. The largest absolute Gasteiger partial charge is 0.508 e. The van der Waals surface area contributed by atoms with Crippen molar-refractivity contribution < 1.29 is 53.7 Å². The minimum Gasteiger partial charge on any atom is -0.508 e. The first-order valence-corrected chi connectivity index (χ1v) is 19.5. The molecule has 3 rings (SSSR count). The number of phenols is 1. The number of aliphatic hydroxyl groups is 2. The summed E-state index contributed by atoms with van der Waals surface area (Å²) in [5.41, 5.74) is 3.77. The number of allylic oxidation sites excluding steroid dienone is 4. The number of hydrogen-bond acceptors (Lipinski definition) is 12. The SMILES string of the molecule is CON(C)C(=O)/C=C/C=C(\C)[C@@H]1C/C=C/C=C/[C@H](O)[C@H](C)[C@@H](O)[C@@H](CCC(C)=O)C(=O)N[C@@H](C(C)C)C(=O)NC(c2cccc(O)c2)C(=O)N2CCCC(N2)C(=O)O1. The summed E-state index contributed by atoms with van der Waals surface area (Å²) in [5.74, 6) is -6.16. The predicted molar refractivity (Wildman–Crippen MR) is 214 cm³/mol. The number of Topliss-reactive ketones (excluding diaryl/α,β-unsaturated/α-hetero) is 1. The molecular formula is C42H59N5O11. The summed E-state index contributed by atoms with van der Waals surface area (Å²) in [5, 5.41) is 40.5. The standard InChI is InChI=1S/C42H59N5O11/c1-25(2)36-40(54)44-37(29-15-12-16-30(49)24-29)41(55)47-23-13-17-32(45-47)42(56)58-34(26(3)14-11-20-35(51)46(6)57-7)19-10-8-9-18-33(50)28(5)38(52)31(39(53)43-36)22-21-27(4)48/h8-12,14-16,18,20,24-25,28,31-34,36-38,45,49-50,52H,13,17,19,21-23H2,1-7H3,(H,43,53)(H,44,54)/b10-8+,18-9+,20-11+,26-14+/t28-,31+,32?,33-,34-,36-,37?,38+/m0/s1. The highest BCUT2D eigenvalue weighted by atomic mass is 16.7. The van der Waals surface area contributed by atoms with Crippen LogP contribution in [-0.4, -0.2) is 112 Å². The number of esters is 1. The number of cyclic esters (lactones) is 1. The number of carbonyl (C=O) groups excluding carboxylic acids is 6. The molecule has 0 spiro atoms. The molecule has 58 heavy (non-hydrogen) atoms. The van der Waals surface area contributed by atoms with Crippen LogP contribution in [0.25, 0.3) is 0 Å². The van der Waals surface area contributed by atoms with Gasteiger partial charge in [-0.1, -0.05) is 69.4 Å². The minimum absolute atomic E-state index is 0.0388. The summed E-state index contributed by atoms with van der Waals surface area (Å²) in [4.78, 5) is 85.1. The first-order valence-electron chi connectivity index (χ1n) is 19.5. The maximum absolute atomic E-state index is 14.3. The molecule has 1 saturated heterocycles. The van der Waals surface area contributed by atoms with Gasteiger partial charge in [-0.15, -0.1) is 0 Å². The Balaban J connectivity index is 2.09. The van der Waals surface area contributed by atoms with Gasteiger partial charge in [0.05, 0.1) is 25.2 Å². The number of nitrogens with zero attached hydrogens (tertiary/aromatic N) is 2. The van der Waals surface area contributed by atoms with E-state index in [1.807, 2.05) is 0 Å². The molecule has 16 nitrogen and oxygen atoms in total. The van der Waals surface area contributed by atoms with Gasteiger partial charge in [0.15, 0.2) is 0 Å². The van der Waals surface area contributed by atoms with Gasteiger partial charge in [0.1, 0.15) is 35.8 Å². The van der Waals surface area contributed by atoms with Crippen LogP contribution in [0.5, 0.6) is 5.75 Å². The van der Waals surface area contributed by atoms with E-state index in [1.165, 1.54) is 62.5 Å². The van der Waals surface area contributed by atoms with Crippen LogP contribution in [0.15, 0.2) is 72.4 Å². The van der Waals surface area contributed by atoms with Crippen LogP contribution in [0.1, 0.15) is 78.3 Å². The molecule has 0 aromatic heterocycles. The van der Waals surface area contributed by atoms with E-state index in [1.54, 1.807) is 58.1 Å². The second-order valence-electron chi connectivity index (χ2n) is 15.0. The van der Waals surface area contributed by atoms with E-state index in [9.17, 15) is 44.1 Å². The fourth-order valence-corrected chi connectivity index (χ4v) is 6.44. The highest BCUT2D eigenvalue weighted by molar-refractivity contribution is 5.93. The third-order valence-corrected chi connectivity index (χ3v) is 10.2. The molecular weight excluding hydrogens is 750 g/mol. The number of benzene rings is 1. The zero-order chi connectivity index (χ0) is 43.1. The van der Waals surface area contributed by atoms with E-state index in [0.717, 1.165) is 5.06 Å². The van der Waals surface area contributed by atoms with Crippen LogP contribution < -0.4 is 16.1 Å². The number of aliphatic hydroxyl groups excluding tert-OH is 2. The number of hydrazine groups is 1. The number of carbonyl (C=O) groups is 6. The van der Waals surface area contributed by atoms with Crippen molar-refractivity contribution in [3.8, 4) is 5.75 Å². The van der Waals surface area contributed by atoms with Gasteiger partial charge in [0, 0.05) is 38.4 Å². The lowest BCUT2D eigenvalue weighted by atomic mass is 9.84. The minimum atomic E-state index is -1.43. The third kappa shape index (κ3) is 13.7. The number of amides is 4. The molecule has 1 fully saturated rings. The molecule has 1 aromatic rings. The fraction of sp³-hybridized carbons (Fsp3) is 0.524. The van der Waals surface area contributed by atoms with E-state index < -0.39 is 83.8 Å². The molecule has 6 N–H and O–H groups in total. The average molecular weight is 810 g/mol. The van der Waals surface area contributed by atoms with Gasteiger partial charge in [0.25, 0.3) is 11.8 Å². The van der Waals surface area contributed by atoms with Crippen molar-refractivity contribution in [3.63, 3.8) is 0 Å². The summed E-state index contributed by atoms with van der Waals surface area (Å²) in [6, 6.07) is 2.23. The average Bonchev–Trinajstić information content (AvgIpc) is 3.19. The van der Waals surface area contributed by atoms with Gasteiger partial charge in [-0.2, -0.15) is 0 Å². The second kappa shape index (κ2) is 22.7. The second-order valence-corrected chi connectivity index (χ2v) is 15.0. The Morgan fingerprint density at radius 1 is 1.09 bits per heavy atom. The number of likely N-dealkylation sites (N-methyl/N-ethyl adjacent to an activating group) is 1. The van der Waals surface area contributed by atoms with Crippen molar-refractivity contribution in [2.75, 3.05) is 20.7 Å². The zero-order valence-corrected chi connectivity index (χ0v) is 34.3. The van der Waals surface area contributed by atoms with Crippen LogP contribution in [0.2, 0.25) is 0 Å². The number of nitrogens with one attached hydrogen (secondary N) is 3. The molecule has 318 valence electrons. The molecule has 0 saturated carbocycles. The Hall–Kier alpha value is -5.16. The molecule has 2 bridgehead atoms. The lowest BCUT2D eigenvalue weighted by Crippen LogP contribution is -2.59. The van der Waals surface area contributed by atoms with E-state index in [2.05, 4.69) is 16.1 Å². The molecule has 2 unspecified atom stereocenters. The summed E-state index contributed by atoms with van der Waals surface area (Å²) >= 11 is 0. The molecule has 4 amide bonds. The third-order valence-electron chi connectivity index (χ3n) is 10.2. The first-order chi connectivity index (χ1) is 27.4. The lowest BCUT2D eigenvalue weighted by molar-refractivity contribution is -0.162. The lowest BCUT2D eigenvalue weighted by Gasteiger charge is -2.36. The Kier molecular flexibility index (Phi) is 18.5. The van der Waals surface area contributed by atoms with Crippen molar-refractivity contribution in [1.29, 1.82) is 0 Å². The molecule has 8 atom stereocenters. The van der Waals surface area contributed by atoms with Gasteiger partial charge in [-0.25, -0.2) is 10.5 Å². The van der Waals surface area contributed by atoms with Crippen LogP contribution in [0, 0.1) is 17.8 Å². The van der Waals surface area contributed by atoms with E-state index >= 15 is 0 Å². The van der Waals surface area contributed by atoms with Gasteiger partial charge in [-0.3, -0.25) is 33.8 Å². The predicted octanol–water partition coefficient (Wildman–Crippen LogP) is 2.48. The monoisotopic (exact) mass is 809 g/mol. The van der Waals surface area contributed by atoms with Gasteiger partial charge >= 0.3 is 5.97 Å². The fourth-order valence-electron chi connectivity index (χ4n) is 6.44. The Morgan fingerprint density at radius 3 is 2.47 bits per heavy atom. The Bertz CT molecular complexity index is 1740. The quantitative estimate of drug-likeness (QED) is 0.0917. The van der Waals surface area contributed by atoms with Crippen molar-refractivity contribution in [3.05, 3.63) is 77.9 Å². The van der Waals surface area contributed by atoms with Gasteiger partial charge < -0.3 is 35.5 Å². The zero-order valence-electron chi connectivity index (χ0n) is 34.3. The van der Waals surface area contributed by atoms with Crippen LogP contribution in [-0.2, 0) is 38.3 Å². The topological polar surface area (TPSA) is 224 Å². The Labute approximate surface area is 339 Å². The molecule has 0 aliphatic carbocycles. The van der Waals surface area contributed by atoms with Gasteiger partial charge in [0.2, 0.25) is 11.8 Å². The smallest absolute Gasteiger partial charge is 0.325 e. The van der Waals surface area contributed by atoms with Crippen molar-refractivity contribution in [2.24, 2.45) is 17.8 Å². The van der Waals surface area contributed by atoms with E-state index in [4.69, 9.17) is 9.57 Å². The number of aromatic hydroxyl groups is 1. The number of rotatable bonds is 9. The van der Waals surface area contributed by atoms with Crippen molar-refractivity contribution >= 4 is 35.4 Å². The number of hydroxylamine groups is 2. The van der Waals surface area contributed by atoms with Gasteiger partial charge in [-0.05, 0) is 62.3 Å². The van der Waals surface area contributed by atoms with Crippen LogP contribution in [0.3, 0.4) is 0 Å². The van der Waals surface area contributed by atoms with Crippen molar-refractivity contribution in [1.82, 2.24) is 26.1 Å². The summed E-state index contributed by atoms with van der Waals surface area (Å²) in [6.45, 7) is 8.19. The van der Waals surface area contributed by atoms with E-state index in [-0.39, 0.29) is 42.9 Å². The summed E-state index contributed by atoms with van der Waals surface area (Å²) < 4.78 is 5.98. The maximum atomic E-state index is 14.3. The highest BCUT2D eigenvalue weighted by Gasteiger charge is 2.39. The van der Waals surface area contributed by atoms with Crippen LogP contribution >= 0.6 is 0 Å². The first kappa shape index (κ1) is 47.2. The van der Waals surface area contributed by atoms with Crippen molar-refractivity contribution in [2.45, 2.75) is 103 Å². The molecule has 16 heteroatoms.